The molecule has 0 radical (unpaired) electrons. The van der Waals surface area contributed by atoms with Crippen LogP contribution in [0.2, 0.25) is 0 Å². The Morgan fingerprint density at radius 2 is 2.19 bits per heavy atom. The average molecular weight is 298 g/mol. The molecule has 1 saturated carbocycles. The van der Waals surface area contributed by atoms with E-state index in [0.29, 0.717) is 32.0 Å². The Balaban J connectivity index is 1.68. The standard InChI is InChI=1S/C15H26N2O4/c1-11(5-6-14(18)19)7-8-16-15(20)17-9-10-21-13-4-2-3-12(13)17/h11-13H,2-10H2,1H3,(H,16,20)(H,18,19). The first-order valence-corrected chi connectivity index (χ1v) is 7.96. The van der Waals surface area contributed by atoms with Crippen LogP contribution in [0.3, 0.4) is 0 Å². The molecular formula is C15H26N2O4. The fourth-order valence-corrected chi connectivity index (χ4v) is 3.22. The van der Waals surface area contributed by atoms with Gasteiger partial charge in [0.1, 0.15) is 0 Å². The molecule has 3 unspecified atom stereocenters. The largest absolute Gasteiger partial charge is 0.481 e. The number of fused-ring (bicyclic) bond motifs is 1. The summed E-state index contributed by atoms with van der Waals surface area (Å²) in [6.07, 6.45) is 5.12. The van der Waals surface area contributed by atoms with Crippen molar-refractivity contribution in [1.29, 1.82) is 0 Å². The maximum Gasteiger partial charge on any atom is 0.317 e. The molecule has 2 rings (SSSR count). The van der Waals surface area contributed by atoms with Gasteiger partial charge in [-0.25, -0.2) is 4.79 Å². The number of carboxylic acids is 1. The van der Waals surface area contributed by atoms with Gasteiger partial charge in [-0.3, -0.25) is 4.79 Å². The van der Waals surface area contributed by atoms with Crippen LogP contribution in [0.4, 0.5) is 4.79 Å². The fourth-order valence-electron chi connectivity index (χ4n) is 3.22. The summed E-state index contributed by atoms with van der Waals surface area (Å²) in [5.74, 6) is -0.447. The lowest BCUT2D eigenvalue weighted by molar-refractivity contribution is -0.137. The summed E-state index contributed by atoms with van der Waals surface area (Å²) in [7, 11) is 0. The number of hydrogen-bond acceptors (Lipinski definition) is 3. The highest BCUT2D eigenvalue weighted by atomic mass is 16.5. The van der Waals surface area contributed by atoms with Gasteiger partial charge in [0.05, 0.1) is 18.8 Å². The molecule has 6 nitrogen and oxygen atoms in total. The molecule has 1 aliphatic carbocycles. The highest BCUT2D eigenvalue weighted by Crippen LogP contribution is 2.29. The Morgan fingerprint density at radius 3 is 2.95 bits per heavy atom. The molecular weight excluding hydrogens is 272 g/mol. The summed E-state index contributed by atoms with van der Waals surface area (Å²) in [5, 5.41) is 11.6. The second kappa shape index (κ2) is 7.64. The summed E-state index contributed by atoms with van der Waals surface area (Å²) < 4.78 is 5.70. The molecule has 1 saturated heterocycles. The third-order valence-corrected chi connectivity index (χ3v) is 4.51. The van der Waals surface area contributed by atoms with Crippen LogP contribution in [0.1, 0.15) is 45.4 Å². The van der Waals surface area contributed by atoms with Gasteiger partial charge < -0.3 is 20.1 Å². The van der Waals surface area contributed by atoms with Crippen molar-refractivity contribution < 1.29 is 19.4 Å². The van der Waals surface area contributed by atoms with Crippen LogP contribution in [0.15, 0.2) is 0 Å². The van der Waals surface area contributed by atoms with Crippen molar-refractivity contribution in [2.24, 2.45) is 5.92 Å². The summed E-state index contributed by atoms with van der Waals surface area (Å²) in [6, 6.07) is 0.240. The summed E-state index contributed by atoms with van der Waals surface area (Å²) in [6.45, 7) is 3.93. The molecule has 2 amide bonds. The third-order valence-electron chi connectivity index (χ3n) is 4.51. The van der Waals surface area contributed by atoms with Gasteiger partial charge in [-0.15, -0.1) is 0 Å². The Morgan fingerprint density at radius 1 is 1.38 bits per heavy atom. The Hall–Kier alpha value is -1.30. The molecule has 120 valence electrons. The minimum Gasteiger partial charge on any atom is -0.481 e. The number of ether oxygens (including phenoxy) is 1. The summed E-state index contributed by atoms with van der Waals surface area (Å²) in [4.78, 5) is 24.7. The first kappa shape index (κ1) is 16.1. The number of rotatable bonds is 6. The Kier molecular flexibility index (Phi) is 5.85. The van der Waals surface area contributed by atoms with E-state index in [1.807, 2.05) is 11.8 Å². The third kappa shape index (κ3) is 4.59. The SMILES string of the molecule is CC(CCNC(=O)N1CCOC2CCCC21)CCC(=O)O. The molecule has 0 aromatic heterocycles. The first-order chi connectivity index (χ1) is 10.1. The Bertz CT molecular complexity index is 375. The molecule has 3 atom stereocenters. The number of morpholine rings is 1. The van der Waals surface area contributed by atoms with E-state index < -0.39 is 5.97 Å². The van der Waals surface area contributed by atoms with Crippen molar-refractivity contribution in [2.75, 3.05) is 19.7 Å². The van der Waals surface area contributed by atoms with Crippen LogP contribution < -0.4 is 5.32 Å². The van der Waals surface area contributed by atoms with Crippen molar-refractivity contribution >= 4 is 12.0 Å². The lowest BCUT2D eigenvalue weighted by atomic mass is 10.0. The van der Waals surface area contributed by atoms with Crippen molar-refractivity contribution in [3.05, 3.63) is 0 Å². The second-order valence-corrected chi connectivity index (χ2v) is 6.16. The van der Waals surface area contributed by atoms with Crippen LogP contribution in [0.25, 0.3) is 0 Å². The van der Waals surface area contributed by atoms with Gasteiger partial charge in [-0.2, -0.15) is 0 Å². The molecule has 1 aliphatic heterocycles. The van der Waals surface area contributed by atoms with Gasteiger partial charge in [0, 0.05) is 19.5 Å². The number of amides is 2. The lowest BCUT2D eigenvalue weighted by Gasteiger charge is -2.37. The lowest BCUT2D eigenvalue weighted by Crippen LogP contribution is -2.54. The van der Waals surface area contributed by atoms with Crippen LogP contribution in [-0.2, 0) is 9.53 Å². The molecule has 0 aromatic rings. The fraction of sp³-hybridized carbons (Fsp3) is 0.867. The van der Waals surface area contributed by atoms with E-state index in [4.69, 9.17) is 9.84 Å². The topological polar surface area (TPSA) is 78.9 Å². The van der Waals surface area contributed by atoms with E-state index in [1.54, 1.807) is 0 Å². The zero-order chi connectivity index (χ0) is 15.2. The number of aliphatic carboxylic acids is 1. The van der Waals surface area contributed by atoms with Gasteiger partial charge in [-0.05, 0) is 38.0 Å². The van der Waals surface area contributed by atoms with Gasteiger partial charge in [0.25, 0.3) is 0 Å². The zero-order valence-electron chi connectivity index (χ0n) is 12.7. The van der Waals surface area contributed by atoms with Crippen molar-refractivity contribution in [2.45, 2.75) is 57.6 Å². The molecule has 2 fully saturated rings. The minimum absolute atomic E-state index is 0.000588. The Labute approximate surface area is 125 Å². The van der Waals surface area contributed by atoms with Crippen LogP contribution in [0.5, 0.6) is 0 Å². The van der Waals surface area contributed by atoms with E-state index in [0.717, 1.165) is 25.7 Å². The minimum atomic E-state index is -0.758. The van der Waals surface area contributed by atoms with Gasteiger partial charge in [0.15, 0.2) is 0 Å². The monoisotopic (exact) mass is 298 g/mol. The van der Waals surface area contributed by atoms with E-state index in [9.17, 15) is 9.59 Å². The predicted octanol–water partition coefficient (Wildman–Crippen LogP) is 1.84. The van der Waals surface area contributed by atoms with Gasteiger partial charge in [-0.1, -0.05) is 6.92 Å². The van der Waals surface area contributed by atoms with Crippen molar-refractivity contribution in [1.82, 2.24) is 10.2 Å². The maximum absolute atomic E-state index is 12.3. The molecule has 0 aromatic carbocycles. The van der Waals surface area contributed by atoms with E-state index >= 15 is 0 Å². The number of carbonyl (C=O) groups excluding carboxylic acids is 1. The van der Waals surface area contributed by atoms with Gasteiger partial charge >= 0.3 is 12.0 Å². The molecule has 2 N–H and O–H groups in total. The van der Waals surface area contributed by atoms with Crippen LogP contribution >= 0.6 is 0 Å². The number of hydrogen-bond donors (Lipinski definition) is 2. The predicted molar refractivity (Wildman–Crippen MR) is 78.1 cm³/mol. The van der Waals surface area contributed by atoms with E-state index in [2.05, 4.69) is 5.32 Å². The second-order valence-electron chi connectivity index (χ2n) is 6.16. The van der Waals surface area contributed by atoms with Crippen molar-refractivity contribution in [3.63, 3.8) is 0 Å². The number of nitrogens with one attached hydrogen (secondary N) is 1. The maximum atomic E-state index is 12.3. The van der Waals surface area contributed by atoms with Crippen molar-refractivity contribution in [3.8, 4) is 0 Å². The molecule has 6 heteroatoms. The average Bonchev–Trinajstić information content (AvgIpc) is 2.93. The summed E-state index contributed by atoms with van der Waals surface area (Å²) >= 11 is 0. The first-order valence-electron chi connectivity index (χ1n) is 7.96. The number of nitrogens with zero attached hydrogens (tertiary/aromatic N) is 1. The van der Waals surface area contributed by atoms with E-state index in [-0.39, 0.29) is 24.6 Å². The highest BCUT2D eigenvalue weighted by molar-refractivity contribution is 5.74. The van der Waals surface area contributed by atoms with Crippen LogP contribution in [0, 0.1) is 5.92 Å². The smallest absolute Gasteiger partial charge is 0.317 e. The highest BCUT2D eigenvalue weighted by Gasteiger charge is 2.38. The van der Waals surface area contributed by atoms with Crippen LogP contribution in [-0.4, -0.2) is 53.8 Å². The van der Waals surface area contributed by atoms with E-state index in [1.165, 1.54) is 0 Å². The number of urea groups is 1. The molecule has 21 heavy (non-hydrogen) atoms. The van der Waals surface area contributed by atoms with Gasteiger partial charge in [0.2, 0.25) is 0 Å². The molecule has 0 spiro atoms. The molecule has 2 aliphatic rings. The number of carbonyl (C=O) groups is 2. The zero-order valence-corrected chi connectivity index (χ0v) is 12.7. The molecule has 1 heterocycles. The number of carboxylic acid groups (broad SMARTS) is 1. The molecule has 0 bridgehead atoms. The normalized spacial score (nSPS) is 26.2. The quantitative estimate of drug-likeness (QED) is 0.784. The summed E-state index contributed by atoms with van der Waals surface area (Å²) in [5.41, 5.74) is 0.